The minimum absolute atomic E-state index is 0.0490. The largest absolute Gasteiger partial charge is 0.480 e. The van der Waals surface area contributed by atoms with Gasteiger partial charge in [-0.05, 0) is 18.8 Å². The van der Waals surface area contributed by atoms with E-state index in [4.69, 9.17) is 9.84 Å². The summed E-state index contributed by atoms with van der Waals surface area (Å²) in [5.41, 5.74) is 0. The summed E-state index contributed by atoms with van der Waals surface area (Å²) >= 11 is 0. The summed E-state index contributed by atoms with van der Waals surface area (Å²) in [6, 6.07) is -1.13. The maximum atomic E-state index is 12.1. The smallest absolute Gasteiger partial charge is 0.326 e. The predicted octanol–water partition coefficient (Wildman–Crippen LogP) is 1.31. The number of nitrogens with zero attached hydrogens (tertiary/aromatic N) is 1. The molecule has 0 aromatic rings. The predicted molar refractivity (Wildman–Crippen MR) is 71.0 cm³/mol. The SMILES string of the molecule is CCC1CN(C(=O)NC(CC(C)C)C(=O)O)CCO1. The van der Waals surface area contributed by atoms with Gasteiger partial charge in [-0.15, -0.1) is 0 Å². The fourth-order valence-corrected chi connectivity index (χ4v) is 2.08. The second kappa shape index (κ2) is 7.33. The zero-order valence-electron chi connectivity index (χ0n) is 11.9. The van der Waals surface area contributed by atoms with E-state index < -0.39 is 12.0 Å². The number of rotatable bonds is 5. The number of carbonyl (C=O) groups is 2. The summed E-state index contributed by atoms with van der Waals surface area (Å²) in [5, 5.41) is 11.7. The van der Waals surface area contributed by atoms with Crippen LogP contribution in [0.1, 0.15) is 33.6 Å². The van der Waals surface area contributed by atoms with Crippen LogP contribution in [0.25, 0.3) is 0 Å². The lowest BCUT2D eigenvalue weighted by molar-refractivity contribution is -0.139. The maximum Gasteiger partial charge on any atom is 0.326 e. The molecule has 0 spiro atoms. The van der Waals surface area contributed by atoms with Crippen LogP contribution in [0.4, 0.5) is 4.79 Å². The summed E-state index contributed by atoms with van der Waals surface area (Å²) in [7, 11) is 0. The van der Waals surface area contributed by atoms with Gasteiger partial charge in [-0.3, -0.25) is 0 Å². The van der Waals surface area contributed by atoms with Crippen molar-refractivity contribution in [3.63, 3.8) is 0 Å². The number of carbonyl (C=O) groups excluding carboxylic acids is 1. The molecule has 0 radical (unpaired) electrons. The van der Waals surface area contributed by atoms with Gasteiger partial charge in [0.05, 0.1) is 12.7 Å². The average Bonchev–Trinajstić information content (AvgIpc) is 2.37. The molecule has 2 N–H and O–H groups in total. The van der Waals surface area contributed by atoms with Crippen LogP contribution in [0.3, 0.4) is 0 Å². The molecule has 1 aliphatic heterocycles. The van der Waals surface area contributed by atoms with Crippen molar-refractivity contribution in [2.24, 2.45) is 5.92 Å². The number of ether oxygens (including phenoxy) is 1. The lowest BCUT2D eigenvalue weighted by Crippen LogP contribution is -2.53. The molecule has 110 valence electrons. The molecule has 6 heteroatoms. The van der Waals surface area contributed by atoms with Gasteiger partial charge in [0.15, 0.2) is 0 Å². The van der Waals surface area contributed by atoms with Crippen LogP contribution < -0.4 is 5.32 Å². The highest BCUT2D eigenvalue weighted by molar-refractivity contribution is 5.82. The number of carboxylic acids is 1. The third-order valence-electron chi connectivity index (χ3n) is 3.18. The Bertz CT molecular complexity index is 320. The fourth-order valence-electron chi connectivity index (χ4n) is 2.08. The first kappa shape index (κ1) is 15.8. The van der Waals surface area contributed by atoms with Gasteiger partial charge in [0.1, 0.15) is 6.04 Å². The normalized spacial score (nSPS) is 21.3. The van der Waals surface area contributed by atoms with E-state index in [0.717, 1.165) is 6.42 Å². The molecule has 1 rings (SSSR count). The Morgan fingerprint density at radius 1 is 1.47 bits per heavy atom. The van der Waals surface area contributed by atoms with Crippen molar-refractivity contribution in [2.75, 3.05) is 19.7 Å². The summed E-state index contributed by atoms with van der Waals surface area (Å²) in [5.74, 6) is -0.767. The molecule has 0 bridgehead atoms. The maximum absolute atomic E-state index is 12.1. The Morgan fingerprint density at radius 3 is 2.68 bits per heavy atom. The Kier molecular flexibility index (Phi) is 6.08. The molecule has 2 amide bonds. The highest BCUT2D eigenvalue weighted by Crippen LogP contribution is 2.10. The van der Waals surface area contributed by atoms with Crippen molar-refractivity contribution in [3.05, 3.63) is 0 Å². The number of amides is 2. The van der Waals surface area contributed by atoms with E-state index in [1.807, 2.05) is 20.8 Å². The second-order valence-electron chi connectivity index (χ2n) is 5.32. The molecule has 1 heterocycles. The molecule has 6 nitrogen and oxygen atoms in total. The second-order valence-corrected chi connectivity index (χ2v) is 5.32. The molecular weight excluding hydrogens is 248 g/mol. The first-order valence-corrected chi connectivity index (χ1v) is 6.83. The van der Waals surface area contributed by atoms with Crippen LogP contribution in [-0.4, -0.2) is 53.8 Å². The highest BCUT2D eigenvalue weighted by atomic mass is 16.5. The first-order chi connectivity index (χ1) is 8.93. The Balaban J connectivity index is 2.53. The molecule has 0 aromatic heterocycles. The average molecular weight is 272 g/mol. The quantitative estimate of drug-likeness (QED) is 0.791. The summed E-state index contributed by atoms with van der Waals surface area (Å²) in [6.07, 6.45) is 1.33. The Labute approximate surface area is 114 Å². The molecule has 2 unspecified atom stereocenters. The van der Waals surface area contributed by atoms with Crippen LogP contribution in [0, 0.1) is 5.92 Å². The molecule has 0 saturated carbocycles. The number of morpholine rings is 1. The van der Waals surface area contributed by atoms with E-state index >= 15 is 0 Å². The van der Waals surface area contributed by atoms with Gasteiger partial charge in [-0.1, -0.05) is 20.8 Å². The minimum atomic E-state index is -0.984. The van der Waals surface area contributed by atoms with Crippen LogP contribution in [0.15, 0.2) is 0 Å². The minimum Gasteiger partial charge on any atom is -0.480 e. The molecule has 1 aliphatic rings. The van der Waals surface area contributed by atoms with Crippen LogP contribution in [0.2, 0.25) is 0 Å². The van der Waals surface area contributed by atoms with Gasteiger partial charge in [0.25, 0.3) is 0 Å². The Morgan fingerprint density at radius 2 is 2.16 bits per heavy atom. The van der Waals surface area contributed by atoms with E-state index in [-0.39, 0.29) is 18.1 Å². The van der Waals surface area contributed by atoms with Gasteiger partial charge in [-0.25, -0.2) is 9.59 Å². The number of nitrogens with one attached hydrogen (secondary N) is 1. The van der Waals surface area contributed by atoms with Crippen LogP contribution in [0.5, 0.6) is 0 Å². The van der Waals surface area contributed by atoms with Crippen LogP contribution >= 0.6 is 0 Å². The van der Waals surface area contributed by atoms with Gasteiger partial charge >= 0.3 is 12.0 Å². The van der Waals surface area contributed by atoms with Crippen molar-refractivity contribution in [1.29, 1.82) is 0 Å². The van der Waals surface area contributed by atoms with Crippen molar-refractivity contribution in [1.82, 2.24) is 10.2 Å². The molecule has 2 atom stereocenters. The highest BCUT2D eigenvalue weighted by Gasteiger charge is 2.27. The van der Waals surface area contributed by atoms with E-state index in [1.165, 1.54) is 0 Å². The van der Waals surface area contributed by atoms with Crippen molar-refractivity contribution in [3.8, 4) is 0 Å². The fraction of sp³-hybridized carbons (Fsp3) is 0.846. The number of hydrogen-bond acceptors (Lipinski definition) is 3. The molecule has 19 heavy (non-hydrogen) atoms. The summed E-state index contributed by atoms with van der Waals surface area (Å²) in [4.78, 5) is 24.8. The van der Waals surface area contributed by atoms with Crippen molar-refractivity contribution < 1.29 is 19.4 Å². The molecule has 1 saturated heterocycles. The monoisotopic (exact) mass is 272 g/mol. The van der Waals surface area contributed by atoms with E-state index in [2.05, 4.69) is 5.32 Å². The van der Waals surface area contributed by atoms with Gasteiger partial charge in [-0.2, -0.15) is 0 Å². The van der Waals surface area contributed by atoms with Crippen molar-refractivity contribution in [2.45, 2.75) is 45.8 Å². The zero-order valence-corrected chi connectivity index (χ0v) is 11.9. The number of carboxylic acid groups (broad SMARTS) is 1. The van der Waals surface area contributed by atoms with E-state index in [0.29, 0.717) is 26.1 Å². The standard InChI is InChI=1S/C13H24N2O4/c1-4-10-8-15(5-6-19-10)13(18)14-11(12(16)17)7-9(2)3/h9-11H,4-8H2,1-3H3,(H,14,18)(H,16,17). The van der Waals surface area contributed by atoms with Gasteiger partial charge in [0, 0.05) is 13.1 Å². The van der Waals surface area contributed by atoms with Gasteiger partial charge < -0.3 is 20.1 Å². The molecule has 1 fully saturated rings. The Hall–Kier alpha value is -1.30. The summed E-state index contributed by atoms with van der Waals surface area (Å²) < 4.78 is 5.49. The third kappa shape index (κ3) is 5.06. The molecule has 0 aromatic carbocycles. The molecular formula is C13H24N2O4. The number of urea groups is 1. The third-order valence-corrected chi connectivity index (χ3v) is 3.18. The zero-order chi connectivity index (χ0) is 14.4. The topological polar surface area (TPSA) is 78.9 Å². The van der Waals surface area contributed by atoms with Gasteiger partial charge in [0.2, 0.25) is 0 Å². The molecule has 0 aliphatic carbocycles. The van der Waals surface area contributed by atoms with Crippen LogP contribution in [-0.2, 0) is 9.53 Å². The number of aliphatic carboxylic acids is 1. The van der Waals surface area contributed by atoms with E-state index in [9.17, 15) is 9.59 Å². The lowest BCUT2D eigenvalue weighted by atomic mass is 10.0. The first-order valence-electron chi connectivity index (χ1n) is 6.83. The number of hydrogen-bond donors (Lipinski definition) is 2. The lowest BCUT2D eigenvalue weighted by Gasteiger charge is -2.33. The summed E-state index contributed by atoms with van der Waals surface area (Å²) in [6.45, 7) is 7.42. The van der Waals surface area contributed by atoms with Crippen molar-refractivity contribution >= 4 is 12.0 Å². The van der Waals surface area contributed by atoms with E-state index in [1.54, 1.807) is 4.90 Å².